The summed E-state index contributed by atoms with van der Waals surface area (Å²) in [5, 5.41) is 3.51. The van der Waals surface area contributed by atoms with E-state index < -0.39 is 6.04 Å². The van der Waals surface area contributed by atoms with Crippen molar-refractivity contribution in [2.75, 3.05) is 13.7 Å². The number of hydrogen-bond acceptors (Lipinski definition) is 3. The molecule has 3 N–H and O–H groups in total. The summed E-state index contributed by atoms with van der Waals surface area (Å²) in [5.41, 5.74) is 7.96. The molecule has 2 aromatic carbocycles. The van der Waals surface area contributed by atoms with Gasteiger partial charge in [0.2, 0.25) is 5.91 Å². The average Bonchev–Trinajstić information content (AvgIpc) is 2.57. The highest BCUT2D eigenvalue weighted by Crippen LogP contribution is 2.18. The van der Waals surface area contributed by atoms with E-state index in [1.165, 1.54) is 0 Å². The Morgan fingerprint density at radius 1 is 1.17 bits per heavy atom. The van der Waals surface area contributed by atoms with E-state index >= 15 is 0 Å². The van der Waals surface area contributed by atoms with Crippen molar-refractivity contribution in [3.8, 4) is 0 Å². The van der Waals surface area contributed by atoms with Gasteiger partial charge in [0.1, 0.15) is 0 Å². The largest absolute Gasteiger partial charge is 0.375 e. The highest BCUT2D eigenvalue weighted by Gasteiger charge is 2.17. The Morgan fingerprint density at radius 2 is 1.83 bits per heavy atom. The number of amides is 1. The van der Waals surface area contributed by atoms with Crippen molar-refractivity contribution >= 4 is 17.5 Å². The smallest absolute Gasteiger partial charge is 0.237 e. The summed E-state index contributed by atoms with van der Waals surface area (Å²) in [7, 11) is 1.61. The van der Waals surface area contributed by atoms with Gasteiger partial charge in [-0.3, -0.25) is 4.79 Å². The van der Waals surface area contributed by atoms with E-state index in [9.17, 15) is 4.79 Å². The van der Waals surface area contributed by atoms with E-state index in [2.05, 4.69) is 5.32 Å². The van der Waals surface area contributed by atoms with Gasteiger partial charge in [0, 0.05) is 18.7 Å². The highest BCUT2D eigenvalue weighted by molar-refractivity contribution is 6.30. The Balaban J connectivity index is 1.87. The minimum Gasteiger partial charge on any atom is -0.375 e. The number of halogens is 1. The maximum Gasteiger partial charge on any atom is 0.237 e. The lowest BCUT2D eigenvalue weighted by atomic mass is 10.1. The number of carbonyl (C=O) groups excluding carboxylic acids is 1. The average molecular weight is 333 g/mol. The maximum absolute atomic E-state index is 12.1. The summed E-state index contributed by atoms with van der Waals surface area (Å²) < 4.78 is 5.43. The SMILES string of the molecule is COC(CNC(=O)[C@@H](N)Cc1ccccc1)c1ccc(Cl)cc1. The van der Waals surface area contributed by atoms with Gasteiger partial charge in [-0.25, -0.2) is 0 Å². The minimum absolute atomic E-state index is 0.190. The number of benzene rings is 2. The van der Waals surface area contributed by atoms with Gasteiger partial charge >= 0.3 is 0 Å². The van der Waals surface area contributed by atoms with Gasteiger partial charge in [-0.2, -0.15) is 0 Å². The lowest BCUT2D eigenvalue weighted by Crippen LogP contribution is -2.43. The normalized spacial score (nSPS) is 13.3. The molecule has 2 aromatic rings. The number of carbonyl (C=O) groups is 1. The Kier molecular flexibility index (Phi) is 6.59. The highest BCUT2D eigenvalue weighted by atomic mass is 35.5. The first-order chi connectivity index (χ1) is 11.1. The Morgan fingerprint density at radius 3 is 2.43 bits per heavy atom. The topological polar surface area (TPSA) is 64.3 Å². The van der Waals surface area contributed by atoms with Crippen molar-refractivity contribution in [2.45, 2.75) is 18.6 Å². The van der Waals surface area contributed by atoms with Gasteiger partial charge in [0.25, 0.3) is 0 Å². The number of hydrogen-bond donors (Lipinski definition) is 2. The third-order valence-corrected chi connectivity index (χ3v) is 3.88. The molecule has 5 heteroatoms. The van der Waals surface area contributed by atoms with Crippen molar-refractivity contribution < 1.29 is 9.53 Å². The van der Waals surface area contributed by atoms with Gasteiger partial charge in [-0.15, -0.1) is 0 Å². The van der Waals surface area contributed by atoms with Crippen LogP contribution in [0.1, 0.15) is 17.2 Å². The number of ether oxygens (including phenoxy) is 1. The van der Waals surface area contributed by atoms with Crippen molar-refractivity contribution in [3.63, 3.8) is 0 Å². The number of rotatable bonds is 7. The molecule has 0 spiro atoms. The molecule has 0 heterocycles. The molecular weight excluding hydrogens is 312 g/mol. The van der Waals surface area contributed by atoms with Crippen LogP contribution in [0, 0.1) is 0 Å². The summed E-state index contributed by atoms with van der Waals surface area (Å²) in [6.45, 7) is 0.361. The van der Waals surface area contributed by atoms with E-state index in [0.717, 1.165) is 11.1 Å². The van der Waals surface area contributed by atoms with Crippen LogP contribution in [0.4, 0.5) is 0 Å². The predicted molar refractivity (Wildman–Crippen MR) is 92.3 cm³/mol. The summed E-state index contributed by atoms with van der Waals surface area (Å²) in [6.07, 6.45) is 0.269. The fraction of sp³-hybridized carbons (Fsp3) is 0.278. The van der Waals surface area contributed by atoms with Crippen LogP contribution in [-0.2, 0) is 16.0 Å². The Hall–Kier alpha value is -1.88. The second-order valence-corrected chi connectivity index (χ2v) is 5.75. The summed E-state index contributed by atoms with van der Waals surface area (Å²) >= 11 is 5.88. The molecule has 0 radical (unpaired) electrons. The van der Waals surface area contributed by atoms with Crippen LogP contribution in [0.3, 0.4) is 0 Å². The molecule has 0 aliphatic heterocycles. The molecule has 0 fully saturated rings. The predicted octanol–water partition coefficient (Wildman–Crippen LogP) is 2.71. The quantitative estimate of drug-likeness (QED) is 0.819. The second-order valence-electron chi connectivity index (χ2n) is 5.32. The molecule has 1 amide bonds. The maximum atomic E-state index is 12.1. The molecule has 0 aliphatic rings. The molecular formula is C18H21ClN2O2. The van der Waals surface area contributed by atoms with E-state index in [4.69, 9.17) is 22.1 Å². The first-order valence-corrected chi connectivity index (χ1v) is 7.83. The molecule has 23 heavy (non-hydrogen) atoms. The van der Waals surface area contributed by atoms with E-state index in [1.807, 2.05) is 42.5 Å². The zero-order chi connectivity index (χ0) is 16.7. The number of methoxy groups -OCH3 is 1. The first-order valence-electron chi connectivity index (χ1n) is 7.45. The summed E-state index contributed by atoms with van der Waals surface area (Å²) in [5.74, 6) is -0.190. The van der Waals surface area contributed by atoms with Crippen LogP contribution < -0.4 is 11.1 Å². The van der Waals surface area contributed by atoms with Gasteiger partial charge in [-0.05, 0) is 29.7 Å². The zero-order valence-corrected chi connectivity index (χ0v) is 13.8. The van der Waals surface area contributed by atoms with Crippen LogP contribution in [-0.4, -0.2) is 25.6 Å². The van der Waals surface area contributed by atoms with Crippen molar-refractivity contribution in [2.24, 2.45) is 5.73 Å². The molecule has 4 nitrogen and oxygen atoms in total. The minimum atomic E-state index is -0.583. The molecule has 122 valence electrons. The Bertz CT molecular complexity index is 617. The van der Waals surface area contributed by atoms with Crippen LogP contribution in [0.15, 0.2) is 54.6 Å². The monoisotopic (exact) mass is 332 g/mol. The third-order valence-electron chi connectivity index (χ3n) is 3.62. The summed E-state index contributed by atoms with van der Waals surface area (Å²) in [4.78, 5) is 12.1. The van der Waals surface area contributed by atoms with Gasteiger partial charge < -0.3 is 15.8 Å². The third kappa shape index (κ3) is 5.36. The van der Waals surface area contributed by atoms with E-state index in [-0.39, 0.29) is 12.0 Å². The number of nitrogens with two attached hydrogens (primary N) is 1. The lowest BCUT2D eigenvalue weighted by Gasteiger charge is -2.18. The van der Waals surface area contributed by atoms with Crippen LogP contribution in [0.2, 0.25) is 5.02 Å². The fourth-order valence-corrected chi connectivity index (χ4v) is 2.43. The molecule has 0 saturated heterocycles. The number of nitrogens with one attached hydrogen (secondary N) is 1. The van der Waals surface area contributed by atoms with Gasteiger partial charge in [0.05, 0.1) is 12.1 Å². The van der Waals surface area contributed by atoms with Crippen LogP contribution >= 0.6 is 11.6 Å². The molecule has 0 saturated carbocycles. The lowest BCUT2D eigenvalue weighted by molar-refractivity contribution is -0.122. The van der Waals surface area contributed by atoms with E-state index in [0.29, 0.717) is 18.0 Å². The van der Waals surface area contributed by atoms with Crippen LogP contribution in [0.5, 0.6) is 0 Å². The van der Waals surface area contributed by atoms with Gasteiger partial charge in [0.15, 0.2) is 0 Å². The van der Waals surface area contributed by atoms with Crippen LogP contribution in [0.25, 0.3) is 0 Å². The molecule has 0 bridgehead atoms. The molecule has 0 aromatic heterocycles. The van der Waals surface area contributed by atoms with Crippen molar-refractivity contribution in [1.29, 1.82) is 0 Å². The summed E-state index contributed by atoms with van der Waals surface area (Å²) in [6, 6.07) is 16.5. The first kappa shape index (κ1) is 17.5. The Labute approximate surface area is 141 Å². The molecule has 0 aliphatic carbocycles. The fourth-order valence-electron chi connectivity index (χ4n) is 2.30. The zero-order valence-electron chi connectivity index (χ0n) is 13.0. The second kappa shape index (κ2) is 8.67. The molecule has 2 rings (SSSR count). The standard InChI is InChI=1S/C18H21ClN2O2/c1-23-17(14-7-9-15(19)10-8-14)12-21-18(22)16(20)11-13-5-3-2-4-6-13/h2-10,16-17H,11-12,20H2,1H3,(H,21,22)/t16-,17?/m0/s1. The van der Waals surface area contributed by atoms with Crippen molar-refractivity contribution in [3.05, 3.63) is 70.7 Å². The molecule has 2 atom stereocenters. The van der Waals surface area contributed by atoms with Crippen molar-refractivity contribution in [1.82, 2.24) is 5.32 Å². The van der Waals surface area contributed by atoms with Gasteiger partial charge in [-0.1, -0.05) is 54.1 Å². The van der Waals surface area contributed by atoms with E-state index in [1.54, 1.807) is 19.2 Å². The molecule has 1 unspecified atom stereocenters.